The van der Waals surface area contributed by atoms with Crippen molar-refractivity contribution in [2.24, 2.45) is 0 Å². The molecule has 94 valence electrons. The standard InChI is InChI=1S/C11H11Cl2F2NO/c1-11(5-12,6-13)16-10(17)8-3-2-7(14)4-9(8)15/h2-4H,5-6H2,1H3,(H,16,17). The van der Waals surface area contributed by atoms with Gasteiger partial charge in [0.1, 0.15) is 11.6 Å². The number of carbonyl (C=O) groups is 1. The van der Waals surface area contributed by atoms with Gasteiger partial charge in [0.2, 0.25) is 0 Å². The van der Waals surface area contributed by atoms with E-state index in [2.05, 4.69) is 5.32 Å². The van der Waals surface area contributed by atoms with Crippen LogP contribution in [-0.4, -0.2) is 23.2 Å². The third kappa shape index (κ3) is 3.54. The average Bonchev–Trinajstić information content (AvgIpc) is 2.28. The van der Waals surface area contributed by atoms with Crippen molar-refractivity contribution in [2.45, 2.75) is 12.5 Å². The number of nitrogens with one attached hydrogen (secondary N) is 1. The van der Waals surface area contributed by atoms with Crippen LogP contribution in [-0.2, 0) is 0 Å². The van der Waals surface area contributed by atoms with Crippen LogP contribution in [0.25, 0.3) is 0 Å². The molecule has 0 aliphatic carbocycles. The summed E-state index contributed by atoms with van der Waals surface area (Å²) in [6.07, 6.45) is 0. The first kappa shape index (κ1) is 14.2. The van der Waals surface area contributed by atoms with E-state index < -0.39 is 23.1 Å². The third-order valence-electron chi connectivity index (χ3n) is 2.18. The van der Waals surface area contributed by atoms with Crippen LogP contribution in [0.2, 0.25) is 0 Å². The first-order valence-corrected chi connectivity index (χ1v) is 5.88. The summed E-state index contributed by atoms with van der Waals surface area (Å²) in [5.74, 6) is -2.16. The normalized spacial score (nSPS) is 11.4. The van der Waals surface area contributed by atoms with Crippen LogP contribution in [0.3, 0.4) is 0 Å². The maximum absolute atomic E-state index is 13.3. The summed E-state index contributed by atoms with van der Waals surface area (Å²) in [7, 11) is 0. The van der Waals surface area contributed by atoms with E-state index in [9.17, 15) is 13.6 Å². The zero-order valence-electron chi connectivity index (χ0n) is 9.07. The van der Waals surface area contributed by atoms with Gasteiger partial charge in [0, 0.05) is 17.8 Å². The second-order valence-electron chi connectivity index (χ2n) is 3.91. The van der Waals surface area contributed by atoms with E-state index in [0.29, 0.717) is 6.07 Å². The molecule has 0 aliphatic heterocycles. The molecule has 0 aliphatic rings. The Bertz CT molecular complexity index is 422. The summed E-state index contributed by atoms with van der Waals surface area (Å²) in [6, 6.07) is 2.73. The van der Waals surface area contributed by atoms with Crippen LogP contribution in [0.4, 0.5) is 8.78 Å². The third-order valence-corrected chi connectivity index (χ3v) is 3.36. The minimum Gasteiger partial charge on any atom is -0.344 e. The Morgan fingerprint density at radius 3 is 2.41 bits per heavy atom. The maximum atomic E-state index is 13.3. The Labute approximate surface area is 108 Å². The zero-order chi connectivity index (χ0) is 13.1. The van der Waals surface area contributed by atoms with Crippen LogP contribution in [0.1, 0.15) is 17.3 Å². The molecule has 0 spiro atoms. The molecule has 2 nitrogen and oxygen atoms in total. The highest BCUT2D eigenvalue weighted by molar-refractivity contribution is 6.22. The highest BCUT2D eigenvalue weighted by Gasteiger charge is 2.26. The van der Waals surface area contributed by atoms with Crippen molar-refractivity contribution in [1.82, 2.24) is 5.32 Å². The minimum atomic E-state index is -0.922. The van der Waals surface area contributed by atoms with E-state index in [-0.39, 0.29) is 17.3 Å². The van der Waals surface area contributed by atoms with Crippen molar-refractivity contribution < 1.29 is 13.6 Å². The molecule has 1 aromatic rings. The molecule has 0 saturated carbocycles. The van der Waals surface area contributed by atoms with Gasteiger partial charge in [-0.15, -0.1) is 23.2 Å². The molecule has 0 heterocycles. The highest BCUT2D eigenvalue weighted by Crippen LogP contribution is 2.13. The monoisotopic (exact) mass is 281 g/mol. The van der Waals surface area contributed by atoms with Crippen molar-refractivity contribution in [2.75, 3.05) is 11.8 Å². The van der Waals surface area contributed by atoms with Crippen molar-refractivity contribution >= 4 is 29.1 Å². The topological polar surface area (TPSA) is 29.1 Å². The number of rotatable bonds is 4. The second-order valence-corrected chi connectivity index (χ2v) is 4.44. The van der Waals surface area contributed by atoms with Gasteiger partial charge in [0.05, 0.1) is 11.1 Å². The summed E-state index contributed by atoms with van der Waals surface area (Å²) >= 11 is 11.3. The van der Waals surface area contributed by atoms with Gasteiger partial charge < -0.3 is 5.32 Å². The second kappa shape index (κ2) is 5.65. The number of amides is 1. The molecule has 1 aromatic carbocycles. The van der Waals surface area contributed by atoms with Gasteiger partial charge in [0.25, 0.3) is 5.91 Å². The molecule has 0 saturated heterocycles. The van der Waals surface area contributed by atoms with Crippen LogP contribution >= 0.6 is 23.2 Å². The Balaban J connectivity index is 2.90. The van der Waals surface area contributed by atoms with Gasteiger partial charge in [-0.2, -0.15) is 0 Å². The van der Waals surface area contributed by atoms with Crippen LogP contribution in [0.5, 0.6) is 0 Å². The quantitative estimate of drug-likeness (QED) is 0.845. The van der Waals surface area contributed by atoms with Gasteiger partial charge in [-0.25, -0.2) is 8.78 Å². The summed E-state index contributed by atoms with van der Waals surface area (Å²) in [5, 5.41) is 2.50. The number of hydrogen-bond donors (Lipinski definition) is 1. The molecule has 0 bridgehead atoms. The van der Waals surface area contributed by atoms with Crippen molar-refractivity contribution in [3.63, 3.8) is 0 Å². The number of halogens is 4. The van der Waals surface area contributed by atoms with Crippen LogP contribution < -0.4 is 5.32 Å². The molecule has 1 amide bonds. The lowest BCUT2D eigenvalue weighted by Gasteiger charge is -2.25. The molecule has 17 heavy (non-hydrogen) atoms. The smallest absolute Gasteiger partial charge is 0.254 e. The van der Waals surface area contributed by atoms with E-state index >= 15 is 0 Å². The maximum Gasteiger partial charge on any atom is 0.254 e. The number of hydrogen-bond acceptors (Lipinski definition) is 1. The molecular weight excluding hydrogens is 271 g/mol. The molecule has 6 heteroatoms. The number of alkyl halides is 2. The average molecular weight is 282 g/mol. The first-order valence-electron chi connectivity index (χ1n) is 4.81. The zero-order valence-corrected chi connectivity index (χ0v) is 10.6. The van der Waals surface area contributed by atoms with Crippen LogP contribution in [0.15, 0.2) is 18.2 Å². The Morgan fingerprint density at radius 2 is 1.94 bits per heavy atom. The summed E-state index contributed by atoms with van der Waals surface area (Å²) in [4.78, 5) is 11.7. The van der Waals surface area contributed by atoms with Gasteiger partial charge in [0.15, 0.2) is 0 Å². The molecular formula is C11H11Cl2F2NO. The van der Waals surface area contributed by atoms with Gasteiger partial charge >= 0.3 is 0 Å². The van der Waals surface area contributed by atoms with E-state index in [1.807, 2.05) is 0 Å². The molecule has 0 aromatic heterocycles. The molecule has 0 unspecified atom stereocenters. The Morgan fingerprint density at radius 1 is 1.35 bits per heavy atom. The SMILES string of the molecule is CC(CCl)(CCl)NC(=O)c1ccc(F)cc1F. The fourth-order valence-electron chi connectivity index (χ4n) is 1.12. The predicted molar refractivity (Wildman–Crippen MR) is 63.7 cm³/mol. The van der Waals surface area contributed by atoms with E-state index in [1.54, 1.807) is 6.92 Å². The summed E-state index contributed by atoms with van der Waals surface area (Å²) < 4.78 is 26.0. The lowest BCUT2D eigenvalue weighted by molar-refractivity contribution is 0.0917. The minimum absolute atomic E-state index is 0.0883. The fraction of sp³-hybridized carbons (Fsp3) is 0.364. The van der Waals surface area contributed by atoms with Crippen molar-refractivity contribution in [3.8, 4) is 0 Å². The number of carbonyl (C=O) groups excluding carboxylic acids is 1. The van der Waals surface area contributed by atoms with Crippen molar-refractivity contribution in [3.05, 3.63) is 35.4 Å². The fourth-order valence-corrected chi connectivity index (χ4v) is 1.54. The van der Waals surface area contributed by atoms with Crippen LogP contribution in [0, 0.1) is 11.6 Å². The van der Waals surface area contributed by atoms with Crippen molar-refractivity contribution in [1.29, 1.82) is 0 Å². The lowest BCUT2D eigenvalue weighted by atomic mass is 10.1. The van der Waals surface area contributed by atoms with E-state index in [0.717, 1.165) is 12.1 Å². The first-order chi connectivity index (χ1) is 7.91. The number of benzene rings is 1. The molecule has 0 fully saturated rings. The molecule has 0 atom stereocenters. The molecule has 1 rings (SSSR count). The lowest BCUT2D eigenvalue weighted by Crippen LogP contribution is -2.49. The largest absolute Gasteiger partial charge is 0.344 e. The van der Waals surface area contributed by atoms with Gasteiger partial charge in [-0.1, -0.05) is 0 Å². The van der Waals surface area contributed by atoms with Gasteiger partial charge in [-0.3, -0.25) is 4.79 Å². The highest BCUT2D eigenvalue weighted by atomic mass is 35.5. The molecule has 1 N–H and O–H groups in total. The summed E-state index contributed by atoms with van der Waals surface area (Å²) in [5.41, 5.74) is -1.08. The summed E-state index contributed by atoms with van der Waals surface area (Å²) in [6.45, 7) is 1.63. The Kier molecular flexibility index (Phi) is 4.71. The predicted octanol–water partition coefficient (Wildman–Crippen LogP) is 2.93. The van der Waals surface area contributed by atoms with Gasteiger partial charge in [-0.05, 0) is 19.1 Å². The van der Waals surface area contributed by atoms with E-state index in [1.165, 1.54) is 0 Å². The Hall–Kier alpha value is -0.870. The molecule has 0 radical (unpaired) electrons. The van der Waals surface area contributed by atoms with E-state index in [4.69, 9.17) is 23.2 Å².